The van der Waals surface area contributed by atoms with E-state index in [9.17, 15) is 0 Å². The van der Waals surface area contributed by atoms with E-state index in [-0.39, 0.29) is 0 Å². The zero-order valence-electron chi connectivity index (χ0n) is 13.7. The maximum atomic E-state index is 5.94. The van der Waals surface area contributed by atoms with Crippen molar-refractivity contribution in [2.45, 2.75) is 83.8 Å². The molecule has 0 aliphatic carbocycles. The van der Waals surface area contributed by atoms with E-state index in [0.717, 1.165) is 17.9 Å². The van der Waals surface area contributed by atoms with Crippen LogP contribution in [0, 0.1) is 0 Å². The number of fused-ring (bicyclic) bond motifs is 1. The average Bonchev–Trinajstić information content (AvgIpc) is 2.82. The SMILES string of the molecule is CCCCCCCCCCCC1(C)Oc2ccccc2O1. The van der Waals surface area contributed by atoms with E-state index in [1.54, 1.807) is 0 Å². The van der Waals surface area contributed by atoms with Crippen LogP contribution in [0.4, 0.5) is 0 Å². The molecule has 0 unspecified atom stereocenters. The van der Waals surface area contributed by atoms with Gasteiger partial charge in [-0.15, -0.1) is 0 Å². The molecule has 2 heteroatoms. The summed E-state index contributed by atoms with van der Waals surface area (Å²) >= 11 is 0. The Balaban J connectivity index is 1.54. The Kier molecular flexibility index (Phi) is 6.41. The zero-order chi connectivity index (χ0) is 15.0. The number of hydrogen-bond acceptors (Lipinski definition) is 2. The van der Waals surface area contributed by atoms with Gasteiger partial charge in [-0.25, -0.2) is 0 Å². The molecule has 2 rings (SSSR count). The van der Waals surface area contributed by atoms with E-state index in [1.165, 1.54) is 57.8 Å². The normalized spacial score (nSPS) is 15.3. The highest BCUT2D eigenvalue weighted by atomic mass is 16.7. The third-order valence-corrected chi connectivity index (χ3v) is 4.24. The molecule has 1 aromatic rings. The Morgan fingerprint density at radius 3 is 1.76 bits per heavy atom. The minimum Gasteiger partial charge on any atom is -0.449 e. The Labute approximate surface area is 129 Å². The molecule has 0 saturated heterocycles. The van der Waals surface area contributed by atoms with Crippen molar-refractivity contribution in [1.82, 2.24) is 0 Å². The zero-order valence-corrected chi connectivity index (χ0v) is 13.7. The maximum absolute atomic E-state index is 5.94. The van der Waals surface area contributed by atoms with E-state index in [1.807, 2.05) is 24.3 Å². The van der Waals surface area contributed by atoms with Crippen LogP contribution in [-0.4, -0.2) is 5.79 Å². The highest BCUT2D eigenvalue weighted by Crippen LogP contribution is 2.40. The fourth-order valence-electron chi connectivity index (χ4n) is 2.96. The van der Waals surface area contributed by atoms with Crippen LogP contribution in [0.2, 0.25) is 0 Å². The third kappa shape index (κ3) is 5.26. The first-order valence-corrected chi connectivity index (χ1v) is 8.70. The van der Waals surface area contributed by atoms with Gasteiger partial charge in [-0.1, -0.05) is 70.4 Å². The Morgan fingerprint density at radius 1 is 0.762 bits per heavy atom. The second kappa shape index (κ2) is 8.31. The third-order valence-electron chi connectivity index (χ3n) is 4.24. The molecule has 0 amide bonds. The van der Waals surface area contributed by atoms with Crippen LogP contribution in [-0.2, 0) is 0 Å². The van der Waals surface area contributed by atoms with Crippen molar-refractivity contribution < 1.29 is 9.47 Å². The Morgan fingerprint density at radius 2 is 1.24 bits per heavy atom. The van der Waals surface area contributed by atoms with Gasteiger partial charge in [-0.3, -0.25) is 0 Å². The molecule has 0 atom stereocenters. The molecule has 0 saturated carbocycles. The second-order valence-electron chi connectivity index (χ2n) is 6.36. The van der Waals surface area contributed by atoms with Gasteiger partial charge in [0, 0.05) is 13.3 Å². The van der Waals surface area contributed by atoms with Crippen LogP contribution in [0.5, 0.6) is 11.5 Å². The topological polar surface area (TPSA) is 18.5 Å². The minimum absolute atomic E-state index is 0.454. The molecule has 0 aromatic heterocycles. The van der Waals surface area contributed by atoms with Crippen LogP contribution in [0.1, 0.15) is 78.1 Å². The van der Waals surface area contributed by atoms with Crippen molar-refractivity contribution in [3.05, 3.63) is 24.3 Å². The number of hydrogen-bond donors (Lipinski definition) is 0. The first-order valence-electron chi connectivity index (χ1n) is 8.70. The fraction of sp³-hybridized carbons (Fsp3) is 0.684. The summed E-state index contributed by atoms with van der Waals surface area (Å²) in [6.07, 6.45) is 13.1. The minimum atomic E-state index is -0.454. The molecule has 1 heterocycles. The monoisotopic (exact) mass is 290 g/mol. The van der Waals surface area contributed by atoms with Gasteiger partial charge in [0.15, 0.2) is 11.5 Å². The predicted octanol–water partition coefficient (Wildman–Crippen LogP) is 6.09. The van der Waals surface area contributed by atoms with Crippen molar-refractivity contribution in [3.8, 4) is 11.5 Å². The van der Waals surface area contributed by atoms with Crippen molar-refractivity contribution in [2.24, 2.45) is 0 Å². The van der Waals surface area contributed by atoms with Crippen molar-refractivity contribution in [3.63, 3.8) is 0 Å². The largest absolute Gasteiger partial charge is 0.449 e. The van der Waals surface area contributed by atoms with Crippen molar-refractivity contribution in [2.75, 3.05) is 0 Å². The highest BCUT2D eigenvalue weighted by molar-refractivity contribution is 5.42. The summed E-state index contributed by atoms with van der Waals surface area (Å²) in [5.41, 5.74) is 0. The summed E-state index contributed by atoms with van der Waals surface area (Å²) in [7, 11) is 0. The number of ether oxygens (including phenoxy) is 2. The average molecular weight is 290 g/mol. The summed E-state index contributed by atoms with van der Waals surface area (Å²) in [6.45, 7) is 4.32. The fourth-order valence-corrected chi connectivity index (χ4v) is 2.96. The first kappa shape index (κ1) is 16.2. The Hall–Kier alpha value is -1.18. The lowest BCUT2D eigenvalue weighted by atomic mass is 10.0. The van der Waals surface area contributed by atoms with Gasteiger partial charge in [-0.05, 0) is 18.6 Å². The molecule has 0 spiro atoms. The summed E-state index contributed by atoms with van der Waals surface area (Å²) in [5, 5.41) is 0. The van der Waals surface area contributed by atoms with Crippen LogP contribution in [0.25, 0.3) is 0 Å². The van der Waals surface area contributed by atoms with E-state index >= 15 is 0 Å². The molecule has 0 radical (unpaired) electrons. The summed E-state index contributed by atoms with van der Waals surface area (Å²) in [4.78, 5) is 0. The summed E-state index contributed by atoms with van der Waals surface area (Å²) in [6, 6.07) is 7.95. The van der Waals surface area contributed by atoms with Gasteiger partial charge >= 0.3 is 0 Å². The molecule has 1 aliphatic heterocycles. The van der Waals surface area contributed by atoms with Crippen LogP contribution >= 0.6 is 0 Å². The van der Waals surface area contributed by atoms with E-state index < -0.39 is 5.79 Å². The standard InChI is InChI=1S/C19H30O2/c1-3-4-5-6-7-8-9-10-13-16-19(2)20-17-14-11-12-15-18(17)21-19/h11-12,14-15H,3-10,13,16H2,1-2H3. The quantitative estimate of drug-likeness (QED) is 0.485. The van der Waals surface area contributed by atoms with E-state index in [0.29, 0.717) is 0 Å². The molecule has 0 N–H and O–H groups in total. The molecule has 118 valence electrons. The number of benzene rings is 1. The molecule has 0 bridgehead atoms. The number of rotatable bonds is 10. The molecular weight excluding hydrogens is 260 g/mol. The van der Waals surface area contributed by atoms with Crippen molar-refractivity contribution in [1.29, 1.82) is 0 Å². The lowest BCUT2D eigenvalue weighted by molar-refractivity contribution is -0.0696. The number of para-hydroxylation sites is 2. The molecule has 2 nitrogen and oxygen atoms in total. The van der Waals surface area contributed by atoms with Gasteiger partial charge in [0.1, 0.15) is 0 Å². The van der Waals surface area contributed by atoms with Gasteiger partial charge in [0.25, 0.3) is 0 Å². The van der Waals surface area contributed by atoms with Crippen molar-refractivity contribution >= 4 is 0 Å². The second-order valence-corrected chi connectivity index (χ2v) is 6.36. The lowest BCUT2D eigenvalue weighted by Gasteiger charge is -2.22. The highest BCUT2D eigenvalue weighted by Gasteiger charge is 2.35. The predicted molar refractivity (Wildman–Crippen MR) is 87.9 cm³/mol. The molecule has 1 aliphatic rings. The van der Waals surface area contributed by atoms with Gasteiger partial charge in [0.2, 0.25) is 5.79 Å². The summed E-state index contributed by atoms with van der Waals surface area (Å²) < 4.78 is 11.9. The molecule has 21 heavy (non-hydrogen) atoms. The Bertz CT molecular complexity index is 389. The smallest absolute Gasteiger partial charge is 0.248 e. The van der Waals surface area contributed by atoms with Gasteiger partial charge < -0.3 is 9.47 Å². The molecular formula is C19H30O2. The lowest BCUT2D eigenvalue weighted by Crippen LogP contribution is -2.34. The van der Waals surface area contributed by atoms with Gasteiger partial charge in [-0.2, -0.15) is 0 Å². The molecule has 0 fully saturated rings. The first-order chi connectivity index (χ1) is 10.2. The number of unbranched alkanes of at least 4 members (excludes halogenated alkanes) is 8. The van der Waals surface area contributed by atoms with Crippen LogP contribution in [0.3, 0.4) is 0 Å². The van der Waals surface area contributed by atoms with E-state index in [2.05, 4.69) is 13.8 Å². The maximum Gasteiger partial charge on any atom is 0.248 e. The van der Waals surface area contributed by atoms with Crippen LogP contribution in [0.15, 0.2) is 24.3 Å². The van der Waals surface area contributed by atoms with Gasteiger partial charge in [0.05, 0.1) is 0 Å². The summed E-state index contributed by atoms with van der Waals surface area (Å²) in [5.74, 6) is 1.32. The van der Waals surface area contributed by atoms with Crippen LogP contribution < -0.4 is 9.47 Å². The van der Waals surface area contributed by atoms with E-state index in [4.69, 9.17) is 9.47 Å². The molecule has 1 aromatic carbocycles.